The molecule has 1 heterocycles. The van der Waals surface area contributed by atoms with Crippen LogP contribution in [0.2, 0.25) is 0 Å². The second-order valence-electron chi connectivity index (χ2n) is 16.7. The Bertz CT molecular complexity index is 1430. The average Bonchev–Trinajstić information content (AvgIpc) is 3.65. The number of nitrogens with two attached hydrogens (primary N) is 1. The Morgan fingerprint density at radius 1 is 0.912 bits per heavy atom. The van der Waals surface area contributed by atoms with Crippen molar-refractivity contribution in [2.75, 3.05) is 41.4 Å². The van der Waals surface area contributed by atoms with Crippen molar-refractivity contribution in [1.29, 1.82) is 0 Å². The molecule has 0 bridgehead atoms. The molecule has 0 spiro atoms. The minimum Gasteiger partial charge on any atom is -0.480 e. The Morgan fingerprint density at radius 3 is 2.05 bits per heavy atom. The van der Waals surface area contributed by atoms with E-state index in [2.05, 4.69) is 10.6 Å². The van der Waals surface area contributed by atoms with Crippen LogP contribution in [0.4, 0.5) is 0 Å². The lowest BCUT2D eigenvalue weighted by Crippen LogP contribution is -2.60. The summed E-state index contributed by atoms with van der Waals surface area (Å²) < 4.78 is 11.9. The number of carboxylic acids is 1. The van der Waals surface area contributed by atoms with Gasteiger partial charge in [0.1, 0.15) is 12.1 Å². The van der Waals surface area contributed by atoms with Gasteiger partial charge in [-0.15, -0.1) is 0 Å². The van der Waals surface area contributed by atoms with E-state index < -0.39 is 60.2 Å². The number of likely N-dealkylation sites (N-methyl/N-ethyl adjacent to an activating group) is 2. The number of likely N-dealkylation sites (tertiary alicyclic amines) is 1. The van der Waals surface area contributed by atoms with Crippen LogP contribution in [0.15, 0.2) is 30.3 Å². The quantitative estimate of drug-likeness (QED) is 0.121. The lowest BCUT2D eigenvalue weighted by atomic mass is 9.89. The molecule has 14 heteroatoms. The maximum atomic E-state index is 14.4. The average molecular weight is 803 g/mol. The van der Waals surface area contributed by atoms with Crippen LogP contribution >= 0.6 is 0 Å². The molecule has 1 aromatic carbocycles. The van der Waals surface area contributed by atoms with Gasteiger partial charge >= 0.3 is 5.97 Å². The number of nitrogens with one attached hydrogen (secondary N) is 2. The highest BCUT2D eigenvalue weighted by molar-refractivity contribution is 5.90. The van der Waals surface area contributed by atoms with Crippen molar-refractivity contribution in [1.82, 2.24) is 25.3 Å². The first-order valence-corrected chi connectivity index (χ1v) is 20.8. The smallest absolute Gasteiger partial charge is 0.326 e. The number of aliphatic carboxylic acids is 1. The number of benzene rings is 1. The first-order valence-electron chi connectivity index (χ1n) is 20.8. The summed E-state index contributed by atoms with van der Waals surface area (Å²) in [5.74, 6) is -3.38. The molecule has 0 unspecified atom stereocenters. The number of carboxylic acid groups (broad SMARTS) is 1. The summed E-state index contributed by atoms with van der Waals surface area (Å²) in [6.45, 7) is 16.5. The number of amides is 4. The summed E-state index contributed by atoms with van der Waals surface area (Å²) in [5, 5.41) is 15.7. The Hall–Kier alpha value is -3.59. The SMILES string of the molecule is CC[C@@H](N)CN(C)[C@H](C(=O)N[C@H](C(=O)N(C)[C@@H]([C@@H](C)CC)[C@@H](CC(=O)N1CCC[C@H]1[C@H](OC)[C@@H](C)C(=O)N[C@@H](Cc1ccccc1)C(=O)O)OC)C(C)C)C(C)C. The van der Waals surface area contributed by atoms with Crippen LogP contribution in [0.5, 0.6) is 0 Å². The molecular formula is C43H74N6O8. The summed E-state index contributed by atoms with van der Waals surface area (Å²) >= 11 is 0. The van der Waals surface area contributed by atoms with Gasteiger partial charge in [-0.25, -0.2) is 4.79 Å². The second-order valence-corrected chi connectivity index (χ2v) is 16.7. The number of ether oxygens (including phenoxy) is 2. The van der Waals surface area contributed by atoms with Crippen molar-refractivity contribution in [2.24, 2.45) is 29.4 Å². The second kappa shape index (κ2) is 23.7. The van der Waals surface area contributed by atoms with Gasteiger partial charge in [-0.05, 0) is 49.6 Å². The molecule has 57 heavy (non-hydrogen) atoms. The van der Waals surface area contributed by atoms with Crippen molar-refractivity contribution in [2.45, 2.75) is 142 Å². The zero-order valence-corrected chi connectivity index (χ0v) is 36.7. The van der Waals surface area contributed by atoms with Gasteiger partial charge in [-0.3, -0.25) is 24.1 Å². The molecule has 1 aliphatic rings. The van der Waals surface area contributed by atoms with Crippen molar-refractivity contribution in [3.05, 3.63) is 35.9 Å². The number of hydrogen-bond donors (Lipinski definition) is 4. The highest BCUT2D eigenvalue weighted by atomic mass is 16.5. The number of methoxy groups -OCH3 is 2. The third kappa shape index (κ3) is 13.8. The molecule has 0 aromatic heterocycles. The van der Waals surface area contributed by atoms with Gasteiger partial charge in [0.2, 0.25) is 23.6 Å². The van der Waals surface area contributed by atoms with E-state index in [1.54, 1.807) is 23.8 Å². The van der Waals surface area contributed by atoms with E-state index >= 15 is 0 Å². The summed E-state index contributed by atoms with van der Waals surface area (Å²) in [6, 6.07) is 5.66. The van der Waals surface area contributed by atoms with E-state index in [1.165, 1.54) is 14.2 Å². The van der Waals surface area contributed by atoms with E-state index in [4.69, 9.17) is 15.2 Å². The fourth-order valence-electron chi connectivity index (χ4n) is 8.26. The molecule has 4 amide bonds. The Labute approximate surface area is 341 Å². The summed E-state index contributed by atoms with van der Waals surface area (Å²) in [5.41, 5.74) is 7.01. The highest BCUT2D eigenvalue weighted by Crippen LogP contribution is 2.30. The molecule has 0 radical (unpaired) electrons. The highest BCUT2D eigenvalue weighted by Gasteiger charge is 2.43. The Morgan fingerprint density at radius 2 is 1.54 bits per heavy atom. The van der Waals surface area contributed by atoms with Crippen LogP contribution < -0.4 is 16.4 Å². The van der Waals surface area contributed by atoms with Crippen LogP contribution in [0.3, 0.4) is 0 Å². The van der Waals surface area contributed by atoms with Gasteiger partial charge in [0, 0.05) is 46.8 Å². The van der Waals surface area contributed by atoms with E-state index in [-0.39, 0.29) is 54.4 Å². The number of nitrogens with zero attached hydrogens (tertiary/aromatic N) is 3. The van der Waals surface area contributed by atoms with E-state index in [0.717, 1.165) is 12.0 Å². The molecule has 1 saturated heterocycles. The summed E-state index contributed by atoms with van der Waals surface area (Å²) in [4.78, 5) is 73.5. The van der Waals surface area contributed by atoms with Crippen molar-refractivity contribution >= 4 is 29.6 Å². The van der Waals surface area contributed by atoms with Crippen molar-refractivity contribution < 1.29 is 38.6 Å². The lowest BCUT2D eigenvalue weighted by molar-refractivity contribution is -0.148. The molecule has 10 atom stereocenters. The summed E-state index contributed by atoms with van der Waals surface area (Å²) in [7, 11) is 6.63. The molecule has 2 rings (SSSR count). The standard InChI is InChI=1S/C43H74N6O8/c1-13-28(7)38(48(10)42(53)36(26(3)4)46-41(52)37(27(5)6)47(9)25-31(44)14-2)34(56-11)24-35(50)49-22-18-21-33(49)39(57-12)29(8)40(51)45-32(43(54)55)23-30-19-16-15-17-20-30/h15-17,19-20,26-29,31-34,36-39H,13-14,18,21-25,44H2,1-12H3,(H,45,51)(H,46,52)(H,54,55)/t28-,29+,31+,32-,33-,34+,36-,37-,38-,39+/m0/s1. The maximum Gasteiger partial charge on any atom is 0.326 e. The first kappa shape index (κ1) is 49.6. The van der Waals surface area contributed by atoms with Crippen LogP contribution in [-0.2, 0) is 39.9 Å². The molecule has 14 nitrogen and oxygen atoms in total. The van der Waals surface area contributed by atoms with E-state index in [1.807, 2.05) is 90.7 Å². The van der Waals surface area contributed by atoms with E-state index in [0.29, 0.717) is 32.4 Å². The molecular weight excluding hydrogens is 729 g/mol. The van der Waals surface area contributed by atoms with Crippen molar-refractivity contribution in [3.63, 3.8) is 0 Å². The first-order chi connectivity index (χ1) is 26.8. The van der Waals surface area contributed by atoms with Gasteiger partial charge < -0.3 is 40.7 Å². The predicted molar refractivity (Wildman–Crippen MR) is 222 cm³/mol. The largest absolute Gasteiger partial charge is 0.480 e. The fourth-order valence-corrected chi connectivity index (χ4v) is 8.26. The van der Waals surface area contributed by atoms with Gasteiger partial charge in [-0.2, -0.15) is 0 Å². The molecule has 0 saturated carbocycles. The number of carbonyl (C=O) groups is 5. The Balaban J connectivity index is 2.28. The van der Waals surface area contributed by atoms with Crippen LogP contribution in [0.25, 0.3) is 0 Å². The van der Waals surface area contributed by atoms with Gasteiger partial charge in [0.15, 0.2) is 0 Å². The molecule has 0 aliphatic carbocycles. The summed E-state index contributed by atoms with van der Waals surface area (Å²) in [6.07, 6.45) is 1.53. The Kier molecular flexibility index (Phi) is 20.6. The normalized spacial score (nSPS) is 19.3. The third-order valence-corrected chi connectivity index (χ3v) is 11.8. The maximum absolute atomic E-state index is 14.4. The lowest BCUT2D eigenvalue weighted by Gasteiger charge is -2.41. The zero-order chi connectivity index (χ0) is 43.1. The molecule has 1 fully saturated rings. The fraction of sp³-hybridized carbons (Fsp3) is 0.744. The third-order valence-electron chi connectivity index (χ3n) is 11.8. The molecule has 1 aromatic rings. The van der Waals surface area contributed by atoms with Crippen LogP contribution in [0.1, 0.15) is 93.1 Å². The molecule has 5 N–H and O–H groups in total. The monoisotopic (exact) mass is 803 g/mol. The number of hydrogen-bond acceptors (Lipinski definition) is 9. The number of rotatable bonds is 24. The minimum atomic E-state index is -1.14. The van der Waals surface area contributed by atoms with Crippen molar-refractivity contribution in [3.8, 4) is 0 Å². The van der Waals surface area contributed by atoms with Gasteiger partial charge in [-0.1, -0.05) is 92.1 Å². The number of carbonyl (C=O) groups excluding carboxylic acids is 4. The van der Waals surface area contributed by atoms with Gasteiger partial charge in [0.05, 0.1) is 42.7 Å². The topological polar surface area (TPSA) is 184 Å². The van der Waals surface area contributed by atoms with E-state index in [9.17, 15) is 29.1 Å². The minimum absolute atomic E-state index is 0.0224. The van der Waals surface area contributed by atoms with Crippen LogP contribution in [-0.4, -0.2) is 139 Å². The predicted octanol–water partition coefficient (Wildman–Crippen LogP) is 3.55. The molecule has 324 valence electrons. The molecule has 1 aliphatic heterocycles. The van der Waals surface area contributed by atoms with Crippen LogP contribution in [0, 0.1) is 23.7 Å². The zero-order valence-electron chi connectivity index (χ0n) is 36.7. The van der Waals surface area contributed by atoms with Gasteiger partial charge in [0.25, 0.3) is 0 Å².